The Morgan fingerprint density at radius 3 is 1.24 bits per heavy atom. The zero-order chi connectivity index (χ0) is 106. The maximum Gasteiger partial charge on any atom is 1.00 e. The van der Waals surface area contributed by atoms with Gasteiger partial charge in [-0.3, -0.25) is 24.0 Å². The zero-order valence-corrected chi connectivity index (χ0v) is 93.5. The molecule has 7 amide bonds. The number of ether oxygens (including phenoxy) is 3. The number of hydrogen-bond donors (Lipinski definition) is 9. The standard InChI is InChI=1S/C28H35N3O2.C17H22N2O3.C16H19NO2.C12H14N2O.C12H16N2.C9H17Cl2NO2.C8H7NO.C2H6O.7C2H6.Al.Li.4H/c32-26(20-30-18-14-28(15-19-30)21-29-25-9-5-4-8-24(25)28)23-12-16-31(17-13-23)27(33)11-10-22-6-2-1-3-7-22;1-16(2,3)22-15(21)19-10-8-17(9-11-19)12-6-4-5-7-13(12)18-14(17)20;18-16(7-6-13-4-2-1-3-5-13)17-10-8-14(9-11-17)15-12-19-15;15-11-12(5-7-13-8-6-12)9-3-1-2-4-10(9)14-11;1-2-4-11-10(3-1)12(9-14-11)5-7-13-8-6-12;1-9(2,3)14-8(13)12(6-4-10)7-5-11;10-8-5-6-3-1-2-4-7(6)9-8;1-2-3;7*1-2;;;;;;/h1-11,23,26,29,32H,12-21H2;4-7H,8-11H2,1-3H3,(H,18,20);1-7,14-15H,8-12H2;1-4,13H,5-8H2,(H,14,15);1-4,13-14H,5-9H2;4-7H2,1-3H3;1-4H,5H2,(H,9,10);3H,2H2,1H3;7*1-2H3;;;;;;/q;;;;;;;;;;;;;;;;+1;;;;-1/b11-10+;;7-6+;;;;;;;;;;;;;;;;;;. The first-order valence-corrected chi connectivity index (χ1v) is 54.8. The molecule has 12 aliphatic rings. The van der Waals surface area contributed by atoms with Crippen LogP contribution in [0.4, 0.5) is 38.0 Å². The second-order valence-corrected chi connectivity index (χ2v) is 38.3. The van der Waals surface area contributed by atoms with E-state index in [1.54, 1.807) is 29.5 Å². The van der Waals surface area contributed by atoms with Gasteiger partial charge in [0.1, 0.15) is 11.2 Å². The summed E-state index contributed by atoms with van der Waals surface area (Å²) in [6, 6.07) is 61.0. The maximum atomic E-state index is 12.5. The van der Waals surface area contributed by atoms with Gasteiger partial charge >= 0.3 is 31.0 Å². The summed E-state index contributed by atoms with van der Waals surface area (Å²) in [5, 5.41) is 41.1. The smallest absolute Gasteiger partial charge is 1.00 e. The van der Waals surface area contributed by atoms with Crippen LogP contribution < -0.4 is 56.1 Å². The fourth-order valence-corrected chi connectivity index (χ4v) is 19.7. The molecule has 0 bridgehead atoms. The van der Waals surface area contributed by atoms with Crippen LogP contribution in [0, 0.1) is 11.8 Å². The molecule has 7 saturated heterocycles. The van der Waals surface area contributed by atoms with Gasteiger partial charge in [0, 0.05) is 142 Å². The first-order valence-electron chi connectivity index (χ1n) is 53.7. The van der Waals surface area contributed by atoms with Gasteiger partial charge in [-0.1, -0.05) is 249 Å². The number of piperidine rings is 6. The van der Waals surface area contributed by atoms with Crippen LogP contribution in [0.3, 0.4) is 0 Å². The molecule has 0 radical (unpaired) electrons. The van der Waals surface area contributed by atoms with Crippen LogP contribution in [-0.2, 0) is 66.3 Å². The number of nitrogens with one attached hydrogen (secondary N) is 7. The van der Waals surface area contributed by atoms with Gasteiger partial charge in [0.25, 0.3) is 0 Å². The minimum absolute atomic E-state index is 0. The number of para-hydroxylation sites is 5. The molecule has 2 unspecified atom stereocenters. The van der Waals surface area contributed by atoms with Crippen LogP contribution >= 0.6 is 23.2 Å². The van der Waals surface area contributed by atoms with E-state index in [9.17, 15) is 38.7 Å². The average Bonchev–Trinajstić information content (AvgIpc) is 1.60. The topological polar surface area (TPSA) is 291 Å². The Kier molecular flexibility index (Phi) is 62.3. The van der Waals surface area contributed by atoms with E-state index in [4.69, 9.17) is 42.5 Å². The number of rotatable bonds is 12. The van der Waals surface area contributed by atoms with Crippen LogP contribution in [0.15, 0.2) is 194 Å². The molecule has 7 fully saturated rings. The van der Waals surface area contributed by atoms with Crippen molar-refractivity contribution in [1.82, 2.24) is 35.1 Å². The number of aliphatic hydroxyl groups excluding tert-OH is 2. The quantitative estimate of drug-likeness (QED) is 0.0238. The number of benzene rings is 7. The second-order valence-electron chi connectivity index (χ2n) is 37.6. The Labute approximate surface area is 911 Å². The molecular formula is C118H182AlCl2LiN12O12. The summed E-state index contributed by atoms with van der Waals surface area (Å²) in [5.74, 6) is 2.24. The molecule has 0 aromatic heterocycles. The molecule has 19 rings (SSSR count). The third-order valence-electron chi connectivity index (χ3n) is 26.6. The van der Waals surface area contributed by atoms with Crippen molar-refractivity contribution < 1.29 is 78.3 Å². The molecular weight excluding hydrogens is 1880 g/mol. The molecule has 0 saturated carbocycles. The van der Waals surface area contributed by atoms with Gasteiger partial charge in [0.2, 0.25) is 29.5 Å². The number of halogens is 2. The predicted octanol–water partition coefficient (Wildman–Crippen LogP) is 19.0. The number of carbonyl (C=O) groups is 7. The first kappa shape index (κ1) is 131. The third kappa shape index (κ3) is 39.7. The van der Waals surface area contributed by atoms with E-state index < -0.39 is 16.6 Å². The van der Waals surface area contributed by atoms with E-state index in [0.717, 1.165) is 182 Å². The van der Waals surface area contributed by atoms with Crippen molar-refractivity contribution in [2.45, 2.75) is 274 Å². The molecule has 28 heteroatoms. The van der Waals surface area contributed by atoms with E-state index in [-0.39, 0.29) is 109 Å². The minimum Gasteiger partial charge on any atom is -1.00 e. The Bertz CT molecular complexity index is 4910. The second kappa shape index (κ2) is 69.4. The van der Waals surface area contributed by atoms with Crippen molar-refractivity contribution in [3.05, 3.63) is 233 Å². The van der Waals surface area contributed by atoms with Crippen molar-refractivity contribution in [1.29, 1.82) is 0 Å². The number of aliphatic hydroxyl groups is 2. The Balaban J connectivity index is 0.000000577. The summed E-state index contributed by atoms with van der Waals surface area (Å²) in [7, 11) is 0. The Morgan fingerprint density at radius 2 is 0.836 bits per heavy atom. The Hall–Kier alpha value is -9.02. The fraction of sp³-hybridized carbons (Fsp3) is 0.551. The number of fused-ring (bicyclic) bond motifs is 9. The number of alkyl halides is 2. The maximum absolute atomic E-state index is 12.5. The number of carbonyl (C=O) groups excluding carboxylic acids is 7. The van der Waals surface area contributed by atoms with E-state index in [2.05, 4.69) is 96.7 Å². The monoisotopic (exact) mass is 2060 g/mol. The molecule has 12 aliphatic heterocycles. The largest absolute Gasteiger partial charge is 1.00 e. The van der Waals surface area contributed by atoms with E-state index >= 15 is 0 Å². The third-order valence-corrected chi connectivity index (χ3v) is 26.9. The van der Waals surface area contributed by atoms with Crippen LogP contribution in [0.5, 0.6) is 0 Å². The number of nitrogens with zero attached hydrogens (tertiary/aromatic N) is 5. The molecule has 9 N–H and O–H groups in total. The van der Waals surface area contributed by atoms with E-state index in [0.29, 0.717) is 74.6 Å². The predicted molar refractivity (Wildman–Crippen MR) is 610 cm³/mol. The summed E-state index contributed by atoms with van der Waals surface area (Å²) in [6.07, 6.45) is 19.0. The van der Waals surface area contributed by atoms with Crippen LogP contribution in [0.2, 0.25) is 0 Å². The molecule has 12 heterocycles. The van der Waals surface area contributed by atoms with E-state index in [1.165, 1.54) is 40.2 Å². The summed E-state index contributed by atoms with van der Waals surface area (Å²) in [6.45, 7) is 56.3. The normalized spacial score (nSPS) is 18.0. The van der Waals surface area contributed by atoms with Crippen molar-refractivity contribution in [2.75, 3.05) is 163 Å². The van der Waals surface area contributed by atoms with Crippen molar-refractivity contribution >= 4 is 123 Å². The number of likely N-dealkylation sites (tertiary alicyclic amines) is 4. The SMILES string of the molecule is CC.CC.CC.CC.CC.CC.CC.CC(C)(C)OC(=O)N(CCCl)CCCl.CC(C)(C)OC(=O)N1CCC2(CC1)C(=O)Nc1ccccc12.CCO.O=C(/C=C/c1ccccc1)N1CCC(C(O)CN2CCC3(CC2)CNc2ccccc23)CC1.O=C(/C=C/c1ccccc1)N1CCC(C2CO2)CC1.O=C1Cc2ccccc2N1.O=C1Nc2ccccc2C12CCNCC2.[AlH3].[H-].[Li+].c1ccc2c(c1)NCC21CCNCC1. The molecule has 7 aromatic carbocycles. The summed E-state index contributed by atoms with van der Waals surface area (Å²) in [4.78, 5) is 93.1. The van der Waals surface area contributed by atoms with Gasteiger partial charge < -0.3 is 87.6 Å². The van der Waals surface area contributed by atoms with Crippen molar-refractivity contribution in [2.24, 2.45) is 11.8 Å². The van der Waals surface area contributed by atoms with E-state index in [1.807, 2.05) is 288 Å². The van der Waals surface area contributed by atoms with Crippen LogP contribution in [0.1, 0.15) is 263 Å². The first-order chi connectivity index (χ1) is 69.7. The van der Waals surface area contributed by atoms with Gasteiger partial charge in [-0.25, -0.2) is 9.59 Å². The minimum atomic E-state index is -0.496. The van der Waals surface area contributed by atoms with Gasteiger partial charge in [-0.2, -0.15) is 0 Å². The number of β-amino-alcohol motifs (C(OH)–C–C–N with tert-alkyl or cyclic N) is 1. The van der Waals surface area contributed by atoms with Crippen molar-refractivity contribution in [3.63, 3.8) is 0 Å². The van der Waals surface area contributed by atoms with Gasteiger partial charge in [-0.15, -0.1) is 23.2 Å². The summed E-state index contributed by atoms with van der Waals surface area (Å²) < 4.78 is 15.9. The van der Waals surface area contributed by atoms with Crippen LogP contribution in [0.25, 0.3) is 12.2 Å². The molecule has 2 atom stereocenters. The van der Waals surface area contributed by atoms with Gasteiger partial charge in [0.15, 0.2) is 17.4 Å². The van der Waals surface area contributed by atoms with Crippen LogP contribution in [-0.4, -0.2) is 253 Å². The molecule has 146 heavy (non-hydrogen) atoms. The average molecular weight is 2070 g/mol. The molecule has 804 valence electrons. The number of epoxide rings is 1. The zero-order valence-electron chi connectivity index (χ0n) is 92.9. The molecule has 0 aliphatic carbocycles. The Morgan fingerprint density at radius 1 is 0.473 bits per heavy atom. The summed E-state index contributed by atoms with van der Waals surface area (Å²) >= 11 is 11.1. The summed E-state index contributed by atoms with van der Waals surface area (Å²) in [5.41, 5.74) is 13.0. The van der Waals surface area contributed by atoms with Gasteiger partial charge in [-0.05, 0) is 258 Å². The molecule has 24 nitrogen and oxygen atoms in total. The molecule has 4 spiro atoms. The van der Waals surface area contributed by atoms with Crippen molar-refractivity contribution in [3.8, 4) is 0 Å². The van der Waals surface area contributed by atoms with Gasteiger partial charge in [0.05, 0.1) is 36.1 Å². The number of anilines is 5. The molecule has 7 aromatic rings. The number of amides is 7. The fourth-order valence-electron chi connectivity index (χ4n) is 19.3. The number of hydrogen-bond acceptors (Lipinski definition) is 17.